The van der Waals surface area contributed by atoms with Gasteiger partial charge in [0.1, 0.15) is 5.82 Å². The standard InChI is InChI=1S/C44H28N2/c1-27-45-39-22-9-11-24-41(39)46(27)40-23-10-8-19-38(40)44-33-17-6-4-15-31(33)43(32-16-5-7-18-34(32)44)37-26-25-36-29-14-3-2-13-28(29)30-20-12-21-35(37)42(30)36/h2-26H,1H3. The van der Waals surface area contributed by atoms with Gasteiger partial charge in [0.2, 0.25) is 0 Å². The summed E-state index contributed by atoms with van der Waals surface area (Å²) in [5.41, 5.74) is 13.6. The fourth-order valence-corrected chi connectivity index (χ4v) is 8.07. The Balaban J connectivity index is 1.32. The third-order valence-corrected chi connectivity index (χ3v) is 9.89. The molecule has 0 saturated carbocycles. The molecular weight excluding hydrogens is 556 g/mol. The van der Waals surface area contributed by atoms with Gasteiger partial charge < -0.3 is 0 Å². The molecule has 8 aromatic carbocycles. The summed E-state index contributed by atoms with van der Waals surface area (Å²) in [5.74, 6) is 0.979. The molecule has 0 unspecified atom stereocenters. The smallest absolute Gasteiger partial charge is 0.111 e. The van der Waals surface area contributed by atoms with E-state index in [0.29, 0.717) is 0 Å². The quantitative estimate of drug-likeness (QED) is 0.189. The number of hydrogen-bond acceptors (Lipinski definition) is 1. The van der Waals surface area contributed by atoms with Gasteiger partial charge in [-0.05, 0) is 96.4 Å². The maximum absolute atomic E-state index is 4.93. The van der Waals surface area contributed by atoms with Crippen LogP contribution >= 0.6 is 0 Å². The Morgan fingerprint density at radius 2 is 0.870 bits per heavy atom. The van der Waals surface area contributed by atoms with Crippen molar-refractivity contribution >= 4 is 43.4 Å². The molecule has 0 saturated heterocycles. The predicted octanol–water partition coefficient (Wildman–Crippen LogP) is 11.8. The Morgan fingerprint density at radius 1 is 0.391 bits per heavy atom. The number of rotatable bonds is 3. The number of nitrogens with zero attached hydrogens (tertiary/aromatic N) is 2. The molecule has 1 aliphatic rings. The van der Waals surface area contributed by atoms with Crippen LogP contribution in [0.15, 0.2) is 152 Å². The maximum atomic E-state index is 4.93. The van der Waals surface area contributed by atoms with Gasteiger partial charge in [-0.2, -0.15) is 0 Å². The van der Waals surface area contributed by atoms with Crippen molar-refractivity contribution in [3.05, 3.63) is 157 Å². The molecule has 46 heavy (non-hydrogen) atoms. The number of para-hydroxylation sites is 3. The van der Waals surface area contributed by atoms with Crippen molar-refractivity contribution in [1.29, 1.82) is 0 Å². The molecule has 1 aromatic heterocycles. The molecule has 2 heteroatoms. The van der Waals surface area contributed by atoms with E-state index >= 15 is 0 Å². The van der Waals surface area contributed by atoms with Crippen LogP contribution in [0.2, 0.25) is 0 Å². The second kappa shape index (κ2) is 9.50. The Hall–Kier alpha value is -5.99. The minimum Gasteiger partial charge on any atom is -0.296 e. The van der Waals surface area contributed by atoms with Crippen molar-refractivity contribution in [3.8, 4) is 50.2 Å². The predicted molar refractivity (Wildman–Crippen MR) is 194 cm³/mol. The van der Waals surface area contributed by atoms with Crippen molar-refractivity contribution in [1.82, 2.24) is 9.55 Å². The third kappa shape index (κ3) is 3.39. The highest BCUT2D eigenvalue weighted by Crippen LogP contribution is 2.52. The lowest BCUT2D eigenvalue weighted by Crippen LogP contribution is -2.00. The first-order chi connectivity index (χ1) is 22.8. The van der Waals surface area contributed by atoms with Crippen molar-refractivity contribution in [2.75, 3.05) is 0 Å². The van der Waals surface area contributed by atoms with E-state index in [-0.39, 0.29) is 0 Å². The van der Waals surface area contributed by atoms with E-state index in [4.69, 9.17) is 4.98 Å². The van der Waals surface area contributed by atoms with E-state index in [0.717, 1.165) is 22.5 Å². The average molecular weight is 585 g/mol. The van der Waals surface area contributed by atoms with Gasteiger partial charge in [-0.3, -0.25) is 4.57 Å². The minimum absolute atomic E-state index is 0.979. The zero-order valence-electron chi connectivity index (χ0n) is 25.3. The number of aryl methyl sites for hydroxylation is 1. The van der Waals surface area contributed by atoms with Crippen LogP contribution in [0.4, 0.5) is 0 Å². The number of imidazole rings is 1. The van der Waals surface area contributed by atoms with Crippen molar-refractivity contribution < 1.29 is 0 Å². The zero-order valence-corrected chi connectivity index (χ0v) is 25.3. The molecular formula is C44H28N2. The molecule has 1 aliphatic carbocycles. The summed E-state index contributed by atoms with van der Waals surface area (Å²) in [6, 6.07) is 55.4. The lowest BCUT2D eigenvalue weighted by molar-refractivity contribution is 1.00. The lowest BCUT2D eigenvalue weighted by atomic mass is 9.84. The van der Waals surface area contributed by atoms with Crippen LogP contribution in [0.1, 0.15) is 5.82 Å². The highest BCUT2D eigenvalue weighted by molar-refractivity contribution is 6.26. The van der Waals surface area contributed by atoms with Crippen molar-refractivity contribution in [2.45, 2.75) is 6.92 Å². The second-order valence-electron chi connectivity index (χ2n) is 12.3. The average Bonchev–Trinajstić information content (AvgIpc) is 3.62. The van der Waals surface area contributed by atoms with Gasteiger partial charge in [-0.1, -0.05) is 133 Å². The molecule has 0 fully saturated rings. The normalized spacial score (nSPS) is 12.0. The molecule has 1 heterocycles. The summed E-state index contributed by atoms with van der Waals surface area (Å²) in [4.78, 5) is 4.93. The molecule has 9 aromatic rings. The van der Waals surface area contributed by atoms with Gasteiger partial charge >= 0.3 is 0 Å². The van der Waals surface area contributed by atoms with E-state index in [1.54, 1.807) is 0 Å². The van der Waals surface area contributed by atoms with Gasteiger partial charge in [0.05, 0.1) is 16.7 Å². The Kier molecular flexibility index (Phi) is 5.24. The first kappa shape index (κ1) is 25.3. The van der Waals surface area contributed by atoms with Crippen LogP contribution in [-0.2, 0) is 0 Å². The van der Waals surface area contributed by atoms with Gasteiger partial charge in [-0.25, -0.2) is 4.98 Å². The summed E-state index contributed by atoms with van der Waals surface area (Å²) in [5, 5.41) is 7.67. The highest BCUT2D eigenvalue weighted by atomic mass is 15.1. The monoisotopic (exact) mass is 584 g/mol. The number of benzene rings is 8. The highest BCUT2D eigenvalue weighted by Gasteiger charge is 2.25. The SMILES string of the molecule is Cc1nc2ccccc2n1-c1ccccc1-c1c2ccccc2c(-c2ccc3c4c(cccc24)-c2ccccc2-3)c2ccccc12. The lowest BCUT2D eigenvalue weighted by Gasteiger charge is -2.21. The molecule has 0 amide bonds. The Bertz CT molecular complexity index is 2620. The largest absolute Gasteiger partial charge is 0.296 e. The molecule has 0 N–H and O–H groups in total. The minimum atomic E-state index is 0.979. The molecule has 0 bridgehead atoms. The van der Waals surface area contributed by atoms with E-state index in [1.165, 1.54) is 76.8 Å². The summed E-state index contributed by atoms with van der Waals surface area (Å²) in [6.45, 7) is 2.10. The summed E-state index contributed by atoms with van der Waals surface area (Å²) >= 11 is 0. The van der Waals surface area contributed by atoms with Gasteiger partial charge in [-0.15, -0.1) is 0 Å². The van der Waals surface area contributed by atoms with E-state index in [9.17, 15) is 0 Å². The summed E-state index contributed by atoms with van der Waals surface area (Å²) in [7, 11) is 0. The summed E-state index contributed by atoms with van der Waals surface area (Å²) < 4.78 is 2.31. The fourth-order valence-electron chi connectivity index (χ4n) is 8.07. The summed E-state index contributed by atoms with van der Waals surface area (Å²) in [6.07, 6.45) is 0. The topological polar surface area (TPSA) is 17.8 Å². The van der Waals surface area contributed by atoms with E-state index < -0.39 is 0 Å². The molecule has 0 radical (unpaired) electrons. The van der Waals surface area contributed by atoms with Crippen LogP contribution in [0.3, 0.4) is 0 Å². The second-order valence-corrected chi connectivity index (χ2v) is 12.3. The van der Waals surface area contributed by atoms with E-state index in [1.807, 2.05) is 0 Å². The Labute approximate surface area is 266 Å². The molecule has 0 atom stereocenters. The first-order valence-corrected chi connectivity index (χ1v) is 15.9. The van der Waals surface area contributed by atoms with Gasteiger partial charge in [0.25, 0.3) is 0 Å². The van der Waals surface area contributed by atoms with Crippen LogP contribution in [0, 0.1) is 6.92 Å². The van der Waals surface area contributed by atoms with Gasteiger partial charge in [0, 0.05) is 5.56 Å². The number of aromatic nitrogens is 2. The van der Waals surface area contributed by atoms with Crippen molar-refractivity contribution in [2.24, 2.45) is 0 Å². The third-order valence-electron chi connectivity index (χ3n) is 9.89. The zero-order chi connectivity index (χ0) is 30.4. The van der Waals surface area contributed by atoms with Crippen LogP contribution in [0.5, 0.6) is 0 Å². The molecule has 214 valence electrons. The first-order valence-electron chi connectivity index (χ1n) is 15.9. The van der Waals surface area contributed by atoms with Crippen molar-refractivity contribution in [3.63, 3.8) is 0 Å². The molecule has 2 nitrogen and oxygen atoms in total. The Morgan fingerprint density at radius 3 is 1.57 bits per heavy atom. The van der Waals surface area contributed by atoms with Crippen LogP contribution < -0.4 is 0 Å². The molecule has 0 spiro atoms. The molecule has 10 rings (SSSR count). The van der Waals surface area contributed by atoms with Crippen LogP contribution in [-0.4, -0.2) is 9.55 Å². The number of hydrogen-bond donors (Lipinski definition) is 0. The van der Waals surface area contributed by atoms with Gasteiger partial charge in [0.15, 0.2) is 0 Å². The fraction of sp³-hybridized carbons (Fsp3) is 0.0227. The maximum Gasteiger partial charge on any atom is 0.111 e. The van der Waals surface area contributed by atoms with E-state index in [2.05, 4.69) is 163 Å². The number of fused-ring (bicyclic) bond motifs is 6. The molecule has 0 aliphatic heterocycles. The van der Waals surface area contributed by atoms with Crippen LogP contribution in [0.25, 0.3) is 93.5 Å².